The monoisotopic (exact) mass is 420 g/mol. The van der Waals surface area contributed by atoms with Gasteiger partial charge in [-0.1, -0.05) is 0 Å². The van der Waals surface area contributed by atoms with E-state index in [0.717, 1.165) is 36.8 Å². The number of hydrogen-bond acceptors (Lipinski definition) is 7. The molecular formula is C21H32N4O5. The van der Waals surface area contributed by atoms with Gasteiger partial charge < -0.3 is 26.0 Å². The van der Waals surface area contributed by atoms with Gasteiger partial charge in [-0.15, -0.1) is 0 Å². The number of amidine groups is 1. The number of nitrogens with two attached hydrogens (primary N) is 3. The van der Waals surface area contributed by atoms with Crippen LogP contribution in [0.25, 0.3) is 0 Å². The molecule has 1 aliphatic carbocycles. The lowest BCUT2D eigenvalue weighted by molar-refractivity contribution is -0.179. The molecule has 1 heterocycles. The molecule has 0 saturated heterocycles. The fraction of sp³-hybridized carbons (Fsp3) is 0.619. The molecule has 7 N–H and O–H groups in total. The van der Waals surface area contributed by atoms with Crippen molar-refractivity contribution in [2.75, 3.05) is 13.7 Å². The van der Waals surface area contributed by atoms with Gasteiger partial charge in [-0.3, -0.25) is 9.83 Å². The summed E-state index contributed by atoms with van der Waals surface area (Å²) in [5, 5.41) is 9.44. The van der Waals surface area contributed by atoms with Crippen molar-refractivity contribution in [1.29, 1.82) is 0 Å². The molecular weight excluding hydrogens is 388 g/mol. The number of benzene rings is 1. The SMILES string of the molecule is COCC1(N)CCC(N=C(N)c2ccc3c(c2)CC[C@H]([C@](C)(ON)C(=O)O)O3)CC1. The summed E-state index contributed by atoms with van der Waals surface area (Å²) < 4.78 is 11.1. The number of ether oxygens (including phenoxy) is 2. The Kier molecular flexibility index (Phi) is 6.66. The van der Waals surface area contributed by atoms with Crippen LogP contribution in [0.5, 0.6) is 5.75 Å². The Balaban J connectivity index is 1.69. The van der Waals surface area contributed by atoms with Crippen LogP contribution in [0.3, 0.4) is 0 Å². The number of aryl methyl sites for hydroxylation is 1. The van der Waals surface area contributed by atoms with E-state index in [4.69, 9.17) is 36.7 Å². The van der Waals surface area contributed by atoms with E-state index in [-0.39, 0.29) is 11.6 Å². The molecule has 166 valence electrons. The van der Waals surface area contributed by atoms with Gasteiger partial charge in [0.05, 0.1) is 12.6 Å². The van der Waals surface area contributed by atoms with Crippen molar-refractivity contribution in [3.63, 3.8) is 0 Å². The molecule has 9 nitrogen and oxygen atoms in total. The number of carboxylic acid groups (broad SMARTS) is 1. The Morgan fingerprint density at radius 2 is 2.07 bits per heavy atom. The van der Waals surface area contributed by atoms with E-state index in [1.165, 1.54) is 6.92 Å². The van der Waals surface area contributed by atoms with Crippen molar-refractivity contribution < 1.29 is 24.2 Å². The Labute approximate surface area is 176 Å². The van der Waals surface area contributed by atoms with Gasteiger partial charge in [0.25, 0.3) is 0 Å². The van der Waals surface area contributed by atoms with Crippen LogP contribution in [-0.2, 0) is 20.8 Å². The molecule has 0 spiro atoms. The van der Waals surface area contributed by atoms with Crippen molar-refractivity contribution in [2.45, 2.75) is 68.7 Å². The largest absolute Gasteiger partial charge is 0.486 e. The first-order valence-corrected chi connectivity index (χ1v) is 10.2. The molecule has 0 amide bonds. The van der Waals surface area contributed by atoms with Gasteiger partial charge in [0.1, 0.15) is 17.7 Å². The number of nitrogens with zero attached hydrogens (tertiary/aromatic N) is 1. The first-order valence-electron chi connectivity index (χ1n) is 10.2. The number of aliphatic imine (C=N–C) groups is 1. The summed E-state index contributed by atoms with van der Waals surface area (Å²) in [6, 6.07) is 5.73. The van der Waals surface area contributed by atoms with E-state index in [1.54, 1.807) is 13.2 Å². The van der Waals surface area contributed by atoms with Crippen LogP contribution in [0, 0.1) is 0 Å². The zero-order chi connectivity index (χ0) is 21.9. The van der Waals surface area contributed by atoms with Crippen LogP contribution in [0.1, 0.15) is 50.2 Å². The van der Waals surface area contributed by atoms with E-state index in [9.17, 15) is 9.90 Å². The van der Waals surface area contributed by atoms with Crippen LogP contribution < -0.4 is 22.1 Å². The minimum absolute atomic E-state index is 0.146. The molecule has 2 atom stereocenters. The molecule has 1 aliphatic heterocycles. The Hall–Kier alpha value is -2.20. The smallest absolute Gasteiger partial charge is 0.341 e. The number of methoxy groups -OCH3 is 1. The normalized spacial score (nSPS) is 28.9. The van der Waals surface area contributed by atoms with E-state index in [0.29, 0.717) is 31.0 Å². The number of fused-ring (bicyclic) bond motifs is 1. The highest BCUT2D eigenvalue weighted by Crippen LogP contribution is 2.34. The highest BCUT2D eigenvalue weighted by atomic mass is 16.7. The predicted molar refractivity (Wildman–Crippen MR) is 112 cm³/mol. The standard InChI is InChI=1S/C21H32N4O5/c1-20(30-24,19(26)27)17-6-4-13-11-14(3-5-16(13)29-17)18(22)25-15-7-9-21(23,10-8-15)12-28-2/h3,5,11,15,17H,4,6-10,12,23-24H2,1-2H3,(H2,22,25)(H,26,27)/t15?,17-,20+,21?/m1/s1. The van der Waals surface area contributed by atoms with Gasteiger partial charge in [-0.05, 0) is 69.2 Å². The third-order valence-electron chi connectivity index (χ3n) is 6.29. The van der Waals surface area contributed by atoms with E-state index in [1.807, 2.05) is 12.1 Å². The van der Waals surface area contributed by atoms with Crippen molar-refractivity contribution in [2.24, 2.45) is 22.4 Å². The summed E-state index contributed by atoms with van der Waals surface area (Å²) in [5.41, 5.74) is 12.5. The van der Waals surface area contributed by atoms with Gasteiger partial charge in [-0.2, -0.15) is 0 Å². The van der Waals surface area contributed by atoms with E-state index < -0.39 is 17.7 Å². The van der Waals surface area contributed by atoms with Gasteiger partial charge in [0.2, 0.25) is 5.60 Å². The minimum Gasteiger partial charge on any atom is -0.486 e. The number of carboxylic acids is 1. The molecule has 1 aromatic rings. The predicted octanol–water partition coefficient (Wildman–Crippen LogP) is 1.11. The first kappa shape index (κ1) is 22.5. The molecule has 30 heavy (non-hydrogen) atoms. The quantitative estimate of drug-likeness (QED) is 0.290. The fourth-order valence-corrected chi connectivity index (χ4v) is 4.21. The Morgan fingerprint density at radius 3 is 2.67 bits per heavy atom. The summed E-state index contributed by atoms with van der Waals surface area (Å²) in [6.45, 7) is 1.97. The average Bonchev–Trinajstić information content (AvgIpc) is 2.74. The summed E-state index contributed by atoms with van der Waals surface area (Å²) >= 11 is 0. The maximum absolute atomic E-state index is 11.5. The maximum atomic E-state index is 11.5. The van der Waals surface area contributed by atoms with Crippen molar-refractivity contribution in [3.8, 4) is 5.75 Å². The summed E-state index contributed by atoms with van der Waals surface area (Å²) in [7, 11) is 1.67. The molecule has 0 aromatic heterocycles. The maximum Gasteiger partial charge on any atom is 0.341 e. The lowest BCUT2D eigenvalue weighted by atomic mass is 9.81. The van der Waals surface area contributed by atoms with Crippen LogP contribution >= 0.6 is 0 Å². The molecule has 0 radical (unpaired) electrons. The number of rotatable bonds is 7. The van der Waals surface area contributed by atoms with Gasteiger partial charge in [-0.25, -0.2) is 10.7 Å². The molecule has 1 fully saturated rings. The second-order valence-electron chi connectivity index (χ2n) is 8.54. The van der Waals surface area contributed by atoms with Crippen molar-refractivity contribution >= 4 is 11.8 Å². The zero-order valence-electron chi connectivity index (χ0n) is 17.6. The average molecular weight is 421 g/mol. The van der Waals surface area contributed by atoms with Crippen molar-refractivity contribution in [3.05, 3.63) is 29.3 Å². The molecule has 2 aliphatic rings. The number of aliphatic carboxylic acids is 1. The minimum atomic E-state index is -1.61. The molecule has 1 saturated carbocycles. The Morgan fingerprint density at radius 1 is 1.37 bits per heavy atom. The second-order valence-corrected chi connectivity index (χ2v) is 8.54. The third kappa shape index (κ3) is 4.59. The topological polar surface area (TPSA) is 155 Å². The number of hydrogen-bond donors (Lipinski definition) is 4. The molecule has 1 aromatic carbocycles. The lowest BCUT2D eigenvalue weighted by Crippen LogP contribution is -2.54. The molecule has 3 rings (SSSR count). The highest BCUT2D eigenvalue weighted by Gasteiger charge is 2.46. The van der Waals surface area contributed by atoms with E-state index in [2.05, 4.69) is 0 Å². The molecule has 9 heteroatoms. The van der Waals surface area contributed by atoms with Gasteiger partial charge in [0, 0.05) is 18.2 Å². The second kappa shape index (κ2) is 8.89. The number of carbonyl (C=O) groups is 1. The Bertz CT molecular complexity index is 807. The van der Waals surface area contributed by atoms with Crippen LogP contribution in [0.4, 0.5) is 0 Å². The summed E-state index contributed by atoms with van der Waals surface area (Å²) in [6.07, 6.45) is 3.88. The third-order valence-corrected chi connectivity index (χ3v) is 6.29. The summed E-state index contributed by atoms with van der Waals surface area (Å²) in [4.78, 5) is 21.0. The lowest BCUT2D eigenvalue weighted by Gasteiger charge is -2.35. The zero-order valence-corrected chi connectivity index (χ0v) is 17.6. The molecule has 0 unspecified atom stereocenters. The van der Waals surface area contributed by atoms with Crippen LogP contribution in [0.2, 0.25) is 0 Å². The van der Waals surface area contributed by atoms with Crippen LogP contribution in [-0.4, -0.2) is 53.9 Å². The summed E-state index contributed by atoms with van der Waals surface area (Å²) in [5.74, 6) is 5.17. The molecule has 0 bridgehead atoms. The van der Waals surface area contributed by atoms with Crippen LogP contribution in [0.15, 0.2) is 23.2 Å². The highest BCUT2D eigenvalue weighted by molar-refractivity contribution is 5.98. The van der Waals surface area contributed by atoms with Gasteiger partial charge in [0.15, 0.2) is 0 Å². The first-order chi connectivity index (χ1) is 14.2. The van der Waals surface area contributed by atoms with Crippen molar-refractivity contribution in [1.82, 2.24) is 0 Å². The van der Waals surface area contributed by atoms with Gasteiger partial charge >= 0.3 is 5.97 Å². The fourth-order valence-electron chi connectivity index (χ4n) is 4.21. The van der Waals surface area contributed by atoms with E-state index >= 15 is 0 Å².